The number of tetrazole rings is 1. The number of nitrogens with one attached hydrogen (secondary N) is 1. The summed E-state index contributed by atoms with van der Waals surface area (Å²) in [7, 11) is 1.63. The van der Waals surface area contributed by atoms with E-state index in [2.05, 4.69) is 25.9 Å². The third-order valence-electron chi connectivity index (χ3n) is 1.92. The molecule has 0 fully saturated rings. The summed E-state index contributed by atoms with van der Waals surface area (Å²) < 4.78 is 5.19. The first-order valence-electron chi connectivity index (χ1n) is 4.43. The largest absolute Gasteiger partial charge is 0.496 e. The van der Waals surface area contributed by atoms with Crippen molar-refractivity contribution >= 4 is 5.95 Å². The number of hydrogen-bond acceptors (Lipinski definition) is 4. The first-order valence-corrected chi connectivity index (χ1v) is 4.43. The molecule has 0 amide bonds. The van der Waals surface area contributed by atoms with Crippen molar-refractivity contribution in [2.45, 2.75) is 6.54 Å². The molecular weight excluding hydrogens is 194 g/mol. The average Bonchev–Trinajstić information content (AvgIpc) is 2.79. The molecule has 0 aliphatic heterocycles. The van der Waals surface area contributed by atoms with Gasteiger partial charge in [0.1, 0.15) is 5.75 Å². The standard InChI is InChI=1S/C9H10N5O/c1-15-8-5-3-2-4-7(8)6-10-9-11-13-14-12-9/h2-5H,6H2,1H3,(H-,10,11,12,13,14)/q-1. The van der Waals surface area contributed by atoms with Crippen molar-refractivity contribution in [2.75, 3.05) is 7.11 Å². The number of para-hydroxylation sites is 1. The summed E-state index contributed by atoms with van der Waals surface area (Å²) in [4.78, 5) is 0. The maximum atomic E-state index is 5.19. The molecule has 0 saturated heterocycles. The van der Waals surface area contributed by atoms with Gasteiger partial charge in [-0.25, -0.2) is 0 Å². The number of nitrogens with zero attached hydrogens (tertiary/aromatic N) is 4. The second-order valence-electron chi connectivity index (χ2n) is 2.84. The van der Waals surface area contributed by atoms with Crippen LogP contribution in [0, 0.1) is 0 Å². The van der Waals surface area contributed by atoms with Crippen LogP contribution in [-0.2, 0) is 6.54 Å². The van der Waals surface area contributed by atoms with Gasteiger partial charge in [0.2, 0.25) is 0 Å². The maximum Gasteiger partial charge on any atom is 0.122 e. The van der Waals surface area contributed by atoms with Gasteiger partial charge in [-0.1, -0.05) is 18.2 Å². The smallest absolute Gasteiger partial charge is 0.122 e. The van der Waals surface area contributed by atoms with Crippen LogP contribution in [0.4, 0.5) is 5.95 Å². The maximum absolute atomic E-state index is 5.19. The van der Waals surface area contributed by atoms with Gasteiger partial charge in [-0.05, 0) is 6.07 Å². The monoisotopic (exact) mass is 204 g/mol. The lowest BCUT2D eigenvalue weighted by Gasteiger charge is -2.10. The lowest BCUT2D eigenvalue weighted by atomic mass is 10.2. The highest BCUT2D eigenvalue weighted by molar-refractivity contribution is 5.38. The zero-order chi connectivity index (χ0) is 10.5. The number of hydrogen-bond donors (Lipinski definition) is 1. The highest BCUT2D eigenvalue weighted by Gasteiger charge is 1.98. The van der Waals surface area contributed by atoms with Crippen molar-refractivity contribution in [3.63, 3.8) is 0 Å². The second kappa shape index (κ2) is 4.41. The number of ether oxygens (including phenoxy) is 1. The van der Waals surface area contributed by atoms with E-state index >= 15 is 0 Å². The van der Waals surface area contributed by atoms with Crippen molar-refractivity contribution in [1.29, 1.82) is 0 Å². The lowest BCUT2D eigenvalue weighted by molar-refractivity contribution is 0.410. The van der Waals surface area contributed by atoms with E-state index in [4.69, 9.17) is 4.74 Å². The Morgan fingerprint density at radius 1 is 1.40 bits per heavy atom. The molecule has 6 nitrogen and oxygen atoms in total. The Bertz CT molecular complexity index is 414. The average molecular weight is 204 g/mol. The van der Waals surface area contributed by atoms with Gasteiger partial charge in [0.25, 0.3) is 0 Å². The Balaban J connectivity index is 2.04. The molecule has 0 aliphatic rings. The number of aromatic amines is 1. The molecule has 0 atom stereocenters. The van der Waals surface area contributed by atoms with Gasteiger partial charge < -0.3 is 10.1 Å². The van der Waals surface area contributed by atoms with Gasteiger partial charge in [-0.2, -0.15) is 0 Å². The normalized spacial score (nSPS) is 9.93. The molecule has 6 heteroatoms. The summed E-state index contributed by atoms with van der Waals surface area (Å²) in [6.45, 7) is 0.476. The molecular formula is C9H10N5O-. The van der Waals surface area contributed by atoms with Crippen LogP contribution in [0.3, 0.4) is 0 Å². The first kappa shape index (κ1) is 9.45. The molecule has 1 N–H and O–H groups in total. The minimum absolute atomic E-state index is 0.348. The Labute approximate surface area is 86.7 Å². The van der Waals surface area contributed by atoms with Gasteiger partial charge in [0.05, 0.1) is 13.1 Å². The first-order chi connectivity index (χ1) is 7.40. The van der Waals surface area contributed by atoms with E-state index in [1.807, 2.05) is 24.3 Å². The van der Waals surface area contributed by atoms with Crippen LogP contribution in [0.25, 0.3) is 5.32 Å². The fourth-order valence-electron chi connectivity index (χ4n) is 1.21. The van der Waals surface area contributed by atoms with E-state index < -0.39 is 0 Å². The number of benzene rings is 1. The van der Waals surface area contributed by atoms with E-state index in [-0.39, 0.29) is 0 Å². The molecule has 15 heavy (non-hydrogen) atoms. The van der Waals surface area contributed by atoms with Crippen molar-refractivity contribution in [3.05, 3.63) is 35.1 Å². The summed E-state index contributed by atoms with van der Waals surface area (Å²) in [5.74, 6) is 1.16. The molecule has 0 bridgehead atoms. The highest BCUT2D eigenvalue weighted by atomic mass is 16.5. The molecule has 2 rings (SSSR count). The van der Waals surface area contributed by atoms with Gasteiger partial charge in [0, 0.05) is 12.1 Å². The van der Waals surface area contributed by atoms with Crippen molar-refractivity contribution < 1.29 is 4.74 Å². The van der Waals surface area contributed by atoms with E-state index in [0.717, 1.165) is 11.3 Å². The predicted molar refractivity (Wildman–Crippen MR) is 53.9 cm³/mol. The molecule has 78 valence electrons. The minimum atomic E-state index is 0.348. The van der Waals surface area contributed by atoms with Gasteiger partial charge in [0.15, 0.2) is 0 Å². The van der Waals surface area contributed by atoms with E-state index in [1.165, 1.54) is 0 Å². The Morgan fingerprint density at radius 3 is 3.00 bits per heavy atom. The number of aromatic nitrogens is 4. The fraction of sp³-hybridized carbons (Fsp3) is 0.222. The Morgan fingerprint density at radius 2 is 2.27 bits per heavy atom. The van der Waals surface area contributed by atoms with Crippen LogP contribution in [0.15, 0.2) is 24.3 Å². The van der Waals surface area contributed by atoms with Crippen molar-refractivity contribution in [1.82, 2.24) is 20.6 Å². The summed E-state index contributed by atoms with van der Waals surface area (Å²) in [5.41, 5.74) is 0.991. The quantitative estimate of drug-likeness (QED) is 0.816. The molecule has 0 saturated carbocycles. The lowest BCUT2D eigenvalue weighted by Crippen LogP contribution is -1.90. The Hall–Kier alpha value is -2.11. The molecule has 0 aliphatic carbocycles. The van der Waals surface area contributed by atoms with Crippen molar-refractivity contribution in [2.24, 2.45) is 0 Å². The number of H-pyrrole nitrogens is 1. The van der Waals surface area contributed by atoms with Gasteiger partial charge in [-0.3, -0.25) is 15.4 Å². The molecule has 1 aromatic heterocycles. The summed E-state index contributed by atoms with van der Waals surface area (Å²) in [6.07, 6.45) is 0. The predicted octanol–water partition coefficient (Wildman–Crippen LogP) is 1.41. The highest BCUT2D eigenvalue weighted by Crippen LogP contribution is 2.22. The molecule has 1 aromatic carbocycles. The van der Waals surface area contributed by atoms with E-state index in [0.29, 0.717) is 12.5 Å². The molecule has 1 heterocycles. The molecule has 2 aromatic rings. The number of rotatable bonds is 4. The van der Waals surface area contributed by atoms with E-state index in [1.54, 1.807) is 7.11 Å². The van der Waals surface area contributed by atoms with Crippen LogP contribution in [-0.4, -0.2) is 27.7 Å². The molecule has 0 radical (unpaired) electrons. The fourth-order valence-corrected chi connectivity index (χ4v) is 1.21. The topological polar surface area (TPSA) is 77.8 Å². The minimum Gasteiger partial charge on any atom is -0.496 e. The zero-order valence-electron chi connectivity index (χ0n) is 8.21. The van der Waals surface area contributed by atoms with Crippen LogP contribution in [0.5, 0.6) is 5.75 Å². The summed E-state index contributed by atoms with van der Waals surface area (Å²) >= 11 is 0. The zero-order valence-corrected chi connectivity index (χ0v) is 8.21. The van der Waals surface area contributed by atoms with Crippen molar-refractivity contribution in [3.8, 4) is 5.75 Å². The molecule has 0 unspecified atom stereocenters. The van der Waals surface area contributed by atoms with Crippen LogP contribution < -0.4 is 4.74 Å². The van der Waals surface area contributed by atoms with Crippen LogP contribution >= 0.6 is 0 Å². The Kier molecular flexibility index (Phi) is 2.77. The SMILES string of the molecule is COc1ccccc1C[N-]c1nn[nH]n1. The summed E-state index contributed by atoms with van der Waals surface area (Å²) in [5, 5.41) is 17.4. The number of methoxy groups -OCH3 is 1. The van der Waals surface area contributed by atoms with E-state index in [9.17, 15) is 0 Å². The summed E-state index contributed by atoms with van der Waals surface area (Å²) in [6, 6.07) is 7.68. The second-order valence-corrected chi connectivity index (χ2v) is 2.84. The van der Waals surface area contributed by atoms with Gasteiger partial charge in [-0.15, -0.1) is 5.21 Å². The van der Waals surface area contributed by atoms with Crippen LogP contribution in [0.2, 0.25) is 0 Å². The van der Waals surface area contributed by atoms with Crippen LogP contribution in [0.1, 0.15) is 5.56 Å². The van der Waals surface area contributed by atoms with Gasteiger partial charge >= 0.3 is 0 Å². The third kappa shape index (κ3) is 2.22. The third-order valence-corrected chi connectivity index (χ3v) is 1.92. The molecule has 0 spiro atoms.